The SMILES string of the molecule is COc1cccc([C@H]2C(C(=O)Nc3ccccc3)=C(C)NC3=C2C(=O)C[C@@H](c2cccs2)C3)c1OC. The van der Waals surface area contributed by atoms with E-state index in [0.29, 0.717) is 41.2 Å². The number of ketones is 1. The molecule has 2 heterocycles. The Labute approximate surface area is 214 Å². The molecule has 0 unspecified atom stereocenters. The number of para-hydroxylation sites is 2. The van der Waals surface area contributed by atoms with Crippen molar-refractivity contribution in [1.29, 1.82) is 0 Å². The van der Waals surface area contributed by atoms with E-state index in [2.05, 4.69) is 16.7 Å². The van der Waals surface area contributed by atoms with Gasteiger partial charge in [0, 0.05) is 51.0 Å². The van der Waals surface area contributed by atoms with Crippen LogP contribution in [0.2, 0.25) is 0 Å². The number of rotatable bonds is 6. The molecule has 0 radical (unpaired) electrons. The fraction of sp³-hybridized carbons (Fsp3) is 0.241. The molecule has 1 aliphatic heterocycles. The van der Waals surface area contributed by atoms with Crippen molar-refractivity contribution in [2.24, 2.45) is 0 Å². The molecule has 1 aliphatic carbocycles. The van der Waals surface area contributed by atoms with Gasteiger partial charge >= 0.3 is 0 Å². The zero-order chi connectivity index (χ0) is 25.2. The average Bonchev–Trinajstić information content (AvgIpc) is 3.43. The van der Waals surface area contributed by atoms with Crippen LogP contribution in [0.25, 0.3) is 0 Å². The Kier molecular flexibility index (Phi) is 6.65. The third-order valence-corrected chi connectivity index (χ3v) is 7.83. The summed E-state index contributed by atoms with van der Waals surface area (Å²) in [5, 5.41) is 8.48. The summed E-state index contributed by atoms with van der Waals surface area (Å²) >= 11 is 1.67. The molecule has 2 atom stereocenters. The number of hydrogen-bond donors (Lipinski definition) is 2. The lowest BCUT2D eigenvalue weighted by atomic mass is 9.72. The Morgan fingerprint density at radius 3 is 2.50 bits per heavy atom. The van der Waals surface area contributed by atoms with E-state index in [1.807, 2.05) is 66.9 Å². The van der Waals surface area contributed by atoms with Crippen molar-refractivity contribution in [1.82, 2.24) is 5.32 Å². The van der Waals surface area contributed by atoms with E-state index in [9.17, 15) is 9.59 Å². The first kappa shape index (κ1) is 23.9. The van der Waals surface area contributed by atoms with Crippen LogP contribution in [0.15, 0.2) is 88.6 Å². The van der Waals surface area contributed by atoms with Crippen LogP contribution < -0.4 is 20.1 Å². The minimum atomic E-state index is -0.591. The monoisotopic (exact) mass is 500 g/mol. The first-order valence-corrected chi connectivity index (χ1v) is 12.7. The molecular formula is C29H28N2O4S. The van der Waals surface area contributed by atoms with E-state index in [0.717, 1.165) is 17.0 Å². The number of carbonyl (C=O) groups excluding carboxylic acids is 2. The summed E-state index contributed by atoms with van der Waals surface area (Å²) < 4.78 is 11.3. The van der Waals surface area contributed by atoms with Gasteiger partial charge in [0.2, 0.25) is 0 Å². The number of benzene rings is 2. The molecule has 2 aromatic carbocycles. The Morgan fingerprint density at radius 1 is 1.00 bits per heavy atom. The molecule has 1 amide bonds. The van der Waals surface area contributed by atoms with E-state index in [4.69, 9.17) is 9.47 Å². The number of anilines is 1. The van der Waals surface area contributed by atoms with Crippen LogP contribution in [-0.2, 0) is 9.59 Å². The number of ether oxygens (including phenoxy) is 2. The maximum absolute atomic E-state index is 13.8. The van der Waals surface area contributed by atoms with Gasteiger partial charge < -0.3 is 20.1 Å². The van der Waals surface area contributed by atoms with E-state index >= 15 is 0 Å². The number of dihydropyridines is 1. The van der Waals surface area contributed by atoms with Crippen LogP contribution in [0, 0.1) is 0 Å². The highest BCUT2D eigenvalue weighted by molar-refractivity contribution is 7.10. The van der Waals surface area contributed by atoms with Crippen molar-refractivity contribution < 1.29 is 19.1 Å². The summed E-state index contributed by atoms with van der Waals surface area (Å²) in [6.45, 7) is 1.89. The van der Waals surface area contributed by atoms with Gasteiger partial charge in [-0.15, -0.1) is 11.3 Å². The lowest BCUT2D eigenvalue weighted by molar-refractivity contribution is -0.116. The van der Waals surface area contributed by atoms with Gasteiger partial charge in [-0.1, -0.05) is 36.4 Å². The number of Topliss-reactive ketones (excluding diaryl/α,β-unsaturated/α-hetero) is 1. The normalized spacial score (nSPS) is 19.5. The number of hydrogen-bond acceptors (Lipinski definition) is 6. The summed E-state index contributed by atoms with van der Waals surface area (Å²) in [4.78, 5) is 28.7. The number of nitrogens with one attached hydrogen (secondary N) is 2. The third-order valence-electron chi connectivity index (χ3n) is 6.79. The molecule has 3 aromatic rings. The number of methoxy groups -OCH3 is 2. The summed E-state index contributed by atoms with van der Waals surface area (Å²) in [6, 6.07) is 19.0. The van der Waals surface area contributed by atoms with Crippen molar-refractivity contribution >= 4 is 28.7 Å². The maximum Gasteiger partial charge on any atom is 0.254 e. The largest absolute Gasteiger partial charge is 0.493 e. The second kappa shape index (κ2) is 10.0. The minimum Gasteiger partial charge on any atom is -0.493 e. The quantitative estimate of drug-likeness (QED) is 0.450. The molecule has 7 heteroatoms. The van der Waals surface area contributed by atoms with Gasteiger partial charge in [-0.3, -0.25) is 9.59 Å². The van der Waals surface area contributed by atoms with Crippen molar-refractivity contribution in [2.45, 2.75) is 31.6 Å². The third kappa shape index (κ3) is 4.31. The van der Waals surface area contributed by atoms with Crippen LogP contribution in [0.3, 0.4) is 0 Å². The molecular weight excluding hydrogens is 472 g/mol. The van der Waals surface area contributed by atoms with E-state index in [-0.39, 0.29) is 17.6 Å². The van der Waals surface area contributed by atoms with Gasteiger partial charge in [0.25, 0.3) is 5.91 Å². The topological polar surface area (TPSA) is 76.7 Å². The Balaban J connectivity index is 1.64. The zero-order valence-corrected chi connectivity index (χ0v) is 21.3. The first-order chi connectivity index (χ1) is 17.5. The molecule has 1 aromatic heterocycles. The minimum absolute atomic E-state index is 0.0366. The predicted molar refractivity (Wildman–Crippen MR) is 142 cm³/mol. The summed E-state index contributed by atoms with van der Waals surface area (Å²) in [6.07, 6.45) is 1.10. The molecule has 2 aliphatic rings. The van der Waals surface area contributed by atoms with Crippen molar-refractivity contribution in [3.05, 3.63) is 99.0 Å². The van der Waals surface area contributed by atoms with Gasteiger partial charge in [0.05, 0.1) is 20.1 Å². The standard InChI is InChI=1S/C29H28N2O4S/c1-17-25(29(33)31-19-9-5-4-6-10-19)26(20-11-7-12-23(34-2)28(20)35-3)27-21(30-17)15-18(16-22(27)32)24-13-8-14-36-24/h4-14,18,26,30H,15-16H2,1-3H3,(H,31,33)/t18-,26-/m0/s1. The van der Waals surface area contributed by atoms with Crippen molar-refractivity contribution in [3.8, 4) is 11.5 Å². The van der Waals surface area contributed by atoms with Crippen molar-refractivity contribution in [3.63, 3.8) is 0 Å². The molecule has 2 N–H and O–H groups in total. The van der Waals surface area contributed by atoms with Crippen LogP contribution >= 0.6 is 11.3 Å². The lowest BCUT2D eigenvalue weighted by Crippen LogP contribution is -2.37. The van der Waals surface area contributed by atoms with Crippen LogP contribution in [0.4, 0.5) is 5.69 Å². The average molecular weight is 501 g/mol. The van der Waals surface area contributed by atoms with Gasteiger partial charge in [-0.2, -0.15) is 0 Å². The van der Waals surface area contributed by atoms with Gasteiger partial charge in [0.15, 0.2) is 17.3 Å². The van der Waals surface area contributed by atoms with Crippen LogP contribution in [0.1, 0.15) is 42.0 Å². The smallest absolute Gasteiger partial charge is 0.254 e. The number of allylic oxidation sites excluding steroid dienone is 3. The highest BCUT2D eigenvalue weighted by Crippen LogP contribution is 2.49. The molecule has 0 saturated carbocycles. The molecule has 6 nitrogen and oxygen atoms in total. The molecule has 0 spiro atoms. The van der Waals surface area contributed by atoms with Crippen molar-refractivity contribution in [2.75, 3.05) is 19.5 Å². The van der Waals surface area contributed by atoms with Gasteiger partial charge in [-0.05, 0) is 43.0 Å². The van der Waals surface area contributed by atoms with E-state index < -0.39 is 5.92 Å². The summed E-state index contributed by atoms with van der Waals surface area (Å²) in [5.74, 6) is 0.367. The molecule has 0 saturated heterocycles. The predicted octanol–water partition coefficient (Wildman–Crippen LogP) is 5.77. The van der Waals surface area contributed by atoms with Crippen LogP contribution in [-0.4, -0.2) is 25.9 Å². The number of thiophene rings is 1. The molecule has 36 heavy (non-hydrogen) atoms. The summed E-state index contributed by atoms with van der Waals surface area (Å²) in [7, 11) is 3.16. The van der Waals surface area contributed by atoms with Gasteiger partial charge in [-0.25, -0.2) is 0 Å². The number of carbonyl (C=O) groups is 2. The van der Waals surface area contributed by atoms with E-state index in [1.54, 1.807) is 25.6 Å². The maximum atomic E-state index is 13.8. The number of amides is 1. The Bertz CT molecular complexity index is 1360. The second-order valence-corrected chi connectivity index (χ2v) is 9.91. The fourth-order valence-electron chi connectivity index (χ4n) is 5.24. The Hall–Kier alpha value is -3.84. The lowest BCUT2D eigenvalue weighted by Gasteiger charge is -2.37. The first-order valence-electron chi connectivity index (χ1n) is 11.9. The highest BCUT2D eigenvalue weighted by Gasteiger charge is 2.42. The molecule has 184 valence electrons. The molecule has 5 rings (SSSR count). The van der Waals surface area contributed by atoms with Crippen LogP contribution in [0.5, 0.6) is 11.5 Å². The fourth-order valence-corrected chi connectivity index (χ4v) is 6.07. The van der Waals surface area contributed by atoms with Gasteiger partial charge in [0.1, 0.15) is 0 Å². The Morgan fingerprint density at radius 2 is 1.81 bits per heavy atom. The van der Waals surface area contributed by atoms with E-state index in [1.165, 1.54) is 4.88 Å². The zero-order valence-electron chi connectivity index (χ0n) is 20.5. The molecule has 0 bridgehead atoms. The highest BCUT2D eigenvalue weighted by atomic mass is 32.1. The second-order valence-electron chi connectivity index (χ2n) is 8.94. The summed E-state index contributed by atoms with van der Waals surface area (Å²) in [5.41, 5.74) is 4.12. The molecule has 0 fully saturated rings.